The zero-order valence-corrected chi connectivity index (χ0v) is 11.2. The number of aromatic nitrogens is 3. The molecule has 3 rings (SSSR count). The highest BCUT2D eigenvalue weighted by Crippen LogP contribution is 2.20. The summed E-state index contributed by atoms with van der Waals surface area (Å²) in [5.41, 5.74) is 1.38. The number of hydrogen-bond donors (Lipinski definition) is 1. The Morgan fingerprint density at radius 3 is 2.95 bits per heavy atom. The van der Waals surface area contributed by atoms with Crippen molar-refractivity contribution in [2.45, 2.75) is 6.92 Å². The van der Waals surface area contributed by atoms with E-state index in [9.17, 15) is 4.79 Å². The summed E-state index contributed by atoms with van der Waals surface area (Å²) in [4.78, 5) is 24.3. The molecule has 2 heterocycles. The standard InChI is InChI=1S/C13H9ClN4O2/c1-7-16-10(6-20-7)13(19)18-11-5-15-12-8(14)3-2-4-9(12)17-11/h2-6H,1H3,(H,17,18,19). The van der Waals surface area contributed by atoms with E-state index in [1.54, 1.807) is 25.1 Å². The summed E-state index contributed by atoms with van der Waals surface area (Å²) in [6.07, 6.45) is 2.73. The number of carbonyl (C=O) groups excluding carboxylic acids is 1. The molecular formula is C13H9ClN4O2. The van der Waals surface area contributed by atoms with Crippen LogP contribution in [0.15, 0.2) is 35.1 Å². The summed E-state index contributed by atoms with van der Waals surface area (Å²) < 4.78 is 4.98. The number of oxazole rings is 1. The van der Waals surface area contributed by atoms with Gasteiger partial charge in [0.05, 0.1) is 16.7 Å². The molecule has 1 amide bonds. The van der Waals surface area contributed by atoms with Crippen molar-refractivity contribution in [1.29, 1.82) is 0 Å². The smallest absolute Gasteiger partial charge is 0.278 e. The predicted octanol–water partition coefficient (Wildman–Crippen LogP) is 2.83. The minimum absolute atomic E-state index is 0.190. The predicted molar refractivity (Wildman–Crippen MR) is 73.7 cm³/mol. The van der Waals surface area contributed by atoms with Crippen molar-refractivity contribution in [1.82, 2.24) is 15.0 Å². The van der Waals surface area contributed by atoms with Crippen LogP contribution in [0, 0.1) is 6.92 Å². The van der Waals surface area contributed by atoms with E-state index >= 15 is 0 Å². The molecule has 1 N–H and O–H groups in total. The molecule has 1 aromatic carbocycles. The Morgan fingerprint density at radius 2 is 2.20 bits per heavy atom. The maximum atomic E-state index is 11.9. The van der Waals surface area contributed by atoms with Crippen molar-refractivity contribution in [3.05, 3.63) is 47.3 Å². The number of anilines is 1. The fourth-order valence-electron chi connectivity index (χ4n) is 1.71. The Kier molecular flexibility index (Phi) is 3.08. The lowest BCUT2D eigenvalue weighted by Crippen LogP contribution is -2.13. The lowest BCUT2D eigenvalue weighted by Gasteiger charge is -2.04. The first-order valence-corrected chi connectivity index (χ1v) is 6.16. The van der Waals surface area contributed by atoms with Crippen LogP contribution < -0.4 is 5.32 Å². The second-order valence-electron chi connectivity index (χ2n) is 4.07. The molecule has 100 valence electrons. The average Bonchev–Trinajstić information content (AvgIpc) is 2.86. The van der Waals surface area contributed by atoms with Crippen LogP contribution in [-0.2, 0) is 0 Å². The highest BCUT2D eigenvalue weighted by molar-refractivity contribution is 6.34. The van der Waals surface area contributed by atoms with Crippen LogP contribution >= 0.6 is 11.6 Å². The molecule has 0 atom stereocenters. The van der Waals surface area contributed by atoms with Crippen LogP contribution in [0.5, 0.6) is 0 Å². The lowest BCUT2D eigenvalue weighted by molar-refractivity contribution is 0.102. The minimum Gasteiger partial charge on any atom is -0.448 e. The Balaban J connectivity index is 1.89. The third kappa shape index (κ3) is 2.33. The molecular weight excluding hydrogens is 280 g/mol. The molecule has 0 aliphatic carbocycles. The van der Waals surface area contributed by atoms with Crippen molar-refractivity contribution in [2.75, 3.05) is 5.32 Å². The third-order valence-corrected chi connectivity index (χ3v) is 2.92. The third-order valence-electron chi connectivity index (χ3n) is 2.62. The van der Waals surface area contributed by atoms with Crippen molar-refractivity contribution in [3.8, 4) is 0 Å². The summed E-state index contributed by atoms with van der Waals surface area (Å²) in [7, 11) is 0. The quantitative estimate of drug-likeness (QED) is 0.784. The first-order valence-electron chi connectivity index (χ1n) is 5.78. The van der Waals surface area contributed by atoms with E-state index in [0.717, 1.165) is 0 Å². The van der Waals surface area contributed by atoms with Gasteiger partial charge in [0.25, 0.3) is 5.91 Å². The topological polar surface area (TPSA) is 80.9 Å². The molecule has 0 radical (unpaired) electrons. The number of carbonyl (C=O) groups is 1. The van der Waals surface area contributed by atoms with E-state index in [2.05, 4.69) is 20.3 Å². The van der Waals surface area contributed by atoms with Gasteiger partial charge in [0.2, 0.25) is 0 Å². The molecule has 2 aromatic heterocycles. The van der Waals surface area contributed by atoms with Crippen LogP contribution in [0.1, 0.15) is 16.4 Å². The highest BCUT2D eigenvalue weighted by atomic mass is 35.5. The van der Waals surface area contributed by atoms with Gasteiger partial charge in [0.15, 0.2) is 17.4 Å². The molecule has 0 bridgehead atoms. The normalized spacial score (nSPS) is 10.7. The van der Waals surface area contributed by atoms with E-state index in [1.807, 2.05) is 0 Å². The zero-order chi connectivity index (χ0) is 14.1. The van der Waals surface area contributed by atoms with Crippen LogP contribution in [0.3, 0.4) is 0 Å². The number of rotatable bonds is 2. The maximum absolute atomic E-state index is 11.9. The number of halogens is 1. The maximum Gasteiger partial charge on any atom is 0.278 e. The number of benzene rings is 1. The average molecular weight is 289 g/mol. The fraction of sp³-hybridized carbons (Fsp3) is 0.0769. The second kappa shape index (κ2) is 4.90. The SMILES string of the molecule is Cc1nc(C(=O)Nc2cnc3c(Cl)cccc3n2)co1. The van der Waals surface area contributed by atoms with Gasteiger partial charge in [-0.2, -0.15) is 0 Å². The summed E-state index contributed by atoms with van der Waals surface area (Å²) in [5.74, 6) is 0.342. The molecule has 0 saturated heterocycles. The molecule has 0 fully saturated rings. The Labute approximate surface area is 118 Å². The van der Waals surface area contributed by atoms with Crippen molar-refractivity contribution < 1.29 is 9.21 Å². The number of nitrogens with zero attached hydrogens (tertiary/aromatic N) is 3. The Hall–Kier alpha value is -2.47. The summed E-state index contributed by atoms with van der Waals surface area (Å²) in [6, 6.07) is 5.27. The van der Waals surface area contributed by atoms with E-state index in [4.69, 9.17) is 16.0 Å². The van der Waals surface area contributed by atoms with Gasteiger partial charge in [-0.05, 0) is 12.1 Å². The lowest BCUT2D eigenvalue weighted by atomic mass is 10.3. The molecule has 0 unspecified atom stereocenters. The zero-order valence-electron chi connectivity index (χ0n) is 10.4. The van der Waals surface area contributed by atoms with Gasteiger partial charge in [0, 0.05) is 6.92 Å². The highest BCUT2D eigenvalue weighted by Gasteiger charge is 2.12. The largest absolute Gasteiger partial charge is 0.448 e. The molecule has 3 aromatic rings. The van der Waals surface area contributed by atoms with Gasteiger partial charge in [-0.25, -0.2) is 15.0 Å². The molecule has 0 spiro atoms. The Morgan fingerprint density at radius 1 is 1.35 bits per heavy atom. The molecule has 6 nitrogen and oxygen atoms in total. The monoisotopic (exact) mass is 288 g/mol. The first-order chi connectivity index (χ1) is 9.63. The van der Waals surface area contributed by atoms with E-state index in [0.29, 0.717) is 27.8 Å². The number of amides is 1. The van der Waals surface area contributed by atoms with Gasteiger partial charge >= 0.3 is 0 Å². The van der Waals surface area contributed by atoms with Crippen molar-refractivity contribution in [3.63, 3.8) is 0 Å². The van der Waals surface area contributed by atoms with Crippen molar-refractivity contribution >= 4 is 34.4 Å². The van der Waals surface area contributed by atoms with Crippen LogP contribution in [0.25, 0.3) is 11.0 Å². The first kappa shape index (κ1) is 12.6. The molecule has 0 aliphatic heterocycles. The van der Waals surface area contributed by atoms with Gasteiger partial charge in [-0.15, -0.1) is 0 Å². The van der Waals surface area contributed by atoms with E-state index < -0.39 is 5.91 Å². The van der Waals surface area contributed by atoms with E-state index in [1.165, 1.54) is 12.5 Å². The molecule has 0 saturated carbocycles. The van der Waals surface area contributed by atoms with Gasteiger partial charge in [-0.1, -0.05) is 17.7 Å². The van der Waals surface area contributed by atoms with Gasteiger partial charge < -0.3 is 9.73 Å². The number of aryl methyl sites for hydroxylation is 1. The number of fused-ring (bicyclic) bond motifs is 1. The van der Waals surface area contributed by atoms with E-state index in [-0.39, 0.29) is 5.69 Å². The fourth-order valence-corrected chi connectivity index (χ4v) is 1.93. The van der Waals surface area contributed by atoms with Gasteiger partial charge in [0.1, 0.15) is 11.8 Å². The number of nitrogens with one attached hydrogen (secondary N) is 1. The number of hydrogen-bond acceptors (Lipinski definition) is 5. The van der Waals surface area contributed by atoms with Gasteiger partial charge in [-0.3, -0.25) is 4.79 Å². The van der Waals surface area contributed by atoms with Crippen LogP contribution in [0.2, 0.25) is 5.02 Å². The Bertz CT molecular complexity index is 800. The van der Waals surface area contributed by atoms with Crippen molar-refractivity contribution in [2.24, 2.45) is 0 Å². The minimum atomic E-state index is -0.405. The molecule has 0 aliphatic rings. The summed E-state index contributed by atoms with van der Waals surface area (Å²) in [6.45, 7) is 1.66. The number of para-hydroxylation sites is 1. The summed E-state index contributed by atoms with van der Waals surface area (Å²) >= 11 is 6.00. The molecule has 20 heavy (non-hydrogen) atoms. The van der Waals surface area contributed by atoms with Crippen LogP contribution in [-0.4, -0.2) is 20.9 Å². The summed E-state index contributed by atoms with van der Waals surface area (Å²) in [5, 5.41) is 3.12. The second-order valence-corrected chi connectivity index (χ2v) is 4.48. The molecule has 7 heteroatoms. The van der Waals surface area contributed by atoms with Crippen LogP contribution in [0.4, 0.5) is 5.82 Å².